The first-order chi connectivity index (χ1) is 18.8. The second-order valence-corrected chi connectivity index (χ2v) is 11.0. The number of amides is 3. The Hall–Kier alpha value is -3.99. The van der Waals surface area contributed by atoms with Gasteiger partial charge in [-0.05, 0) is 62.8 Å². The Kier molecular flexibility index (Phi) is 7.78. The summed E-state index contributed by atoms with van der Waals surface area (Å²) in [6.07, 6.45) is 1.89. The Balaban J connectivity index is 1.09. The third kappa shape index (κ3) is 6.19. The number of hydrogen-bond donors (Lipinski definition) is 2. The van der Waals surface area contributed by atoms with Gasteiger partial charge >= 0.3 is 0 Å². The molecule has 3 amide bonds. The predicted octanol–water partition coefficient (Wildman–Crippen LogP) is 4.26. The van der Waals surface area contributed by atoms with Crippen LogP contribution < -0.4 is 20.1 Å². The molecular formula is C28H31N5O5S. The molecule has 5 rings (SSSR count). The summed E-state index contributed by atoms with van der Waals surface area (Å²) in [5.41, 5.74) is 4.02. The molecule has 0 saturated carbocycles. The van der Waals surface area contributed by atoms with Crippen molar-refractivity contribution in [1.82, 2.24) is 20.4 Å². The average Bonchev–Trinajstić information content (AvgIpc) is 3.58. The summed E-state index contributed by atoms with van der Waals surface area (Å²) >= 11 is 0.960. The first-order valence-corrected chi connectivity index (χ1v) is 13.8. The van der Waals surface area contributed by atoms with Crippen molar-refractivity contribution in [3.8, 4) is 11.5 Å². The Morgan fingerprint density at radius 2 is 1.77 bits per heavy atom. The Labute approximate surface area is 230 Å². The van der Waals surface area contributed by atoms with E-state index in [1.165, 1.54) is 11.1 Å². The molecule has 3 heterocycles. The largest absolute Gasteiger partial charge is 0.454 e. The van der Waals surface area contributed by atoms with E-state index in [2.05, 4.69) is 52.9 Å². The molecule has 2 N–H and O–H groups in total. The van der Waals surface area contributed by atoms with Crippen molar-refractivity contribution < 1.29 is 23.9 Å². The third-order valence-electron chi connectivity index (χ3n) is 7.08. The van der Waals surface area contributed by atoms with Gasteiger partial charge in [-0.3, -0.25) is 14.4 Å². The fourth-order valence-electron chi connectivity index (χ4n) is 4.99. The van der Waals surface area contributed by atoms with E-state index >= 15 is 0 Å². The second-order valence-electron chi connectivity index (χ2n) is 10.0. The van der Waals surface area contributed by atoms with Crippen LogP contribution in [0, 0.1) is 19.8 Å². The Morgan fingerprint density at radius 3 is 2.54 bits per heavy atom. The molecule has 204 valence electrons. The molecule has 10 nitrogen and oxygen atoms in total. The molecule has 2 aliphatic heterocycles. The quantitative estimate of drug-likeness (QED) is 0.452. The van der Waals surface area contributed by atoms with Crippen molar-refractivity contribution in [2.45, 2.75) is 46.1 Å². The number of ether oxygens (including phenoxy) is 2. The summed E-state index contributed by atoms with van der Waals surface area (Å²) < 4.78 is 10.6. The molecule has 0 spiro atoms. The van der Waals surface area contributed by atoms with E-state index in [4.69, 9.17) is 9.47 Å². The van der Waals surface area contributed by atoms with Crippen LogP contribution in [-0.2, 0) is 4.79 Å². The molecule has 3 aromatic rings. The SMILES string of the molecule is Cc1ccc(C(C)NC(=O)CC2CCN(C(=O)c3nnc(C(=O)Nc4ccc5c(c4)OCO5)s3)CC2)c(C)c1. The van der Waals surface area contributed by atoms with Crippen LogP contribution in [0.4, 0.5) is 5.69 Å². The fraction of sp³-hybridized carbons (Fsp3) is 0.393. The molecule has 39 heavy (non-hydrogen) atoms. The molecule has 1 atom stereocenters. The maximum Gasteiger partial charge on any atom is 0.286 e. The van der Waals surface area contributed by atoms with E-state index in [-0.39, 0.29) is 40.6 Å². The molecular weight excluding hydrogens is 518 g/mol. The van der Waals surface area contributed by atoms with Crippen LogP contribution in [0.5, 0.6) is 11.5 Å². The van der Waals surface area contributed by atoms with Gasteiger partial charge < -0.3 is 25.0 Å². The number of anilines is 1. The minimum Gasteiger partial charge on any atom is -0.454 e. The lowest BCUT2D eigenvalue weighted by Crippen LogP contribution is -2.39. The molecule has 1 aromatic heterocycles. The standard InChI is InChI=1S/C28H31N5O5S/c1-16-4-6-21(17(2)12-16)18(3)29-24(34)13-19-8-10-33(11-9-19)28(36)27-32-31-26(39-27)25(35)30-20-5-7-22-23(14-20)38-15-37-22/h4-7,12,14,18-19H,8-11,13,15H2,1-3H3,(H,29,34)(H,30,35). The van der Waals surface area contributed by atoms with Gasteiger partial charge in [-0.1, -0.05) is 35.1 Å². The van der Waals surface area contributed by atoms with Crippen LogP contribution in [0.1, 0.15) is 68.5 Å². The number of benzene rings is 2. The lowest BCUT2D eigenvalue weighted by Gasteiger charge is -2.31. The number of aryl methyl sites for hydroxylation is 2. The van der Waals surface area contributed by atoms with Crippen LogP contribution in [0.3, 0.4) is 0 Å². The van der Waals surface area contributed by atoms with Crippen LogP contribution >= 0.6 is 11.3 Å². The number of hydrogen-bond acceptors (Lipinski definition) is 8. The predicted molar refractivity (Wildman–Crippen MR) is 146 cm³/mol. The highest BCUT2D eigenvalue weighted by molar-refractivity contribution is 7.15. The topological polar surface area (TPSA) is 123 Å². The van der Waals surface area contributed by atoms with Gasteiger partial charge in [-0.15, -0.1) is 10.2 Å². The monoisotopic (exact) mass is 549 g/mol. The molecule has 1 saturated heterocycles. The van der Waals surface area contributed by atoms with Crippen molar-refractivity contribution in [3.05, 3.63) is 63.1 Å². The number of nitrogens with one attached hydrogen (secondary N) is 2. The number of aromatic nitrogens is 2. The molecule has 2 aromatic carbocycles. The first-order valence-electron chi connectivity index (χ1n) is 13.0. The summed E-state index contributed by atoms with van der Waals surface area (Å²) in [7, 11) is 0. The Bertz CT molecular complexity index is 1400. The molecule has 1 fully saturated rings. The van der Waals surface area contributed by atoms with Crippen LogP contribution in [0.2, 0.25) is 0 Å². The van der Waals surface area contributed by atoms with E-state index in [1.807, 2.05) is 6.92 Å². The van der Waals surface area contributed by atoms with Gasteiger partial charge in [0.05, 0.1) is 6.04 Å². The van der Waals surface area contributed by atoms with Crippen molar-refractivity contribution in [2.24, 2.45) is 5.92 Å². The Morgan fingerprint density at radius 1 is 1.03 bits per heavy atom. The molecule has 0 bridgehead atoms. The van der Waals surface area contributed by atoms with Gasteiger partial charge in [-0.25, -0.2) is 0 Å². The van der Waals surface area contributed by atoms with Crippen molar-refractivity contribution in [3.63, 3.8) is 0 Å². The van der Waals surface area contributed by atoms with E-state index < -0.39 is 5.91 Å². The minimum absolute atomic E-state index is 0.0227. The molecule has 0 radical (unpaired) electrons. The van der Waals surface area contributed by atoms with Gasteiger partial charge in [0, 0.05) is 31.3 Å². The normalized spacial score (nSPS) is 15.6. The molecule has 11 heteroatoms. The number of carbonyl (C=O) groups is 3. The first kappa shape index (κ1) is 26.6. The van der Waals surface area contributed by atoms with Crippen LogP contribution in [0.25, 0.3) is 0 Å². The van der Waals surface area contributed by atoms with E-state index in [0.29, 0.717) is 36.7 Å². The average molecular weight is 550 g/mol. The lowest BCUT2D eigenvalue weighted by molar-refractivity contribution is -0.122. The van der Waals surface area contributed by atoms with Gasteiger partial charge in [0.25, 0.3) is 11.8 Å². The number of fused-ring (bicyclic) bond motifs is 1. The maximum atomic E-state index is 13.0. The van der Waals surface area contributed by atoms with Gasteiger partial charge in [0.1, 0.15) is 0 Å². The van der Waals surface area contributed by atoms with Crippen molar-refractivity contribution in [1.29, 1.82) is 0 Å². The summed E-state index contributed by atoms with van der Waals surface area (Å²) in [6.45, 7) is 7.32. The van der Waals surface area contributed by atoms with Gasteiger partial charge in [0.2, 0.25) is 22.7 Å². The minimum atomic E-state index is -0.454. The van der Waals surface area contributed by atoms with Gasteiger partial charge in [-0.2, -0.15) is 0 Å². The summed E-state index contributed by atoms with van der Waals surface area (Å²) in [5.74, 6) is 0.698. The highest BCUT2D eigenvalue weighted by atomic mass is 32.1. The van der Waals surface area contributed by atoms with Crippen molar-refractivity contribution in [2.75, 3.05) is 25.2 Å². The number of nitrogens with zero attached hydrogens (tertiary/aromatic N) is 3. The van der Waals surface area contributed by atoms with Gasteiger partial charge in [0.15, 0.2) is 11.5 Å². The second kappa shape index (κ2) is 11.4. The van der Waals surface area contributed by atoms with Crippen molar-refractivity contribution >= 4 is 34.7 Å². The summed E-state index contributed by atoms with van der Waals surface area (Å²) in [5, 5.41) is 14.0. The zero-order valence-corrected chi connectivity index (χ0v) is 23.0. The zero-order chi connectivity index (χ0) is 27.5. The molecule has 2 aliphatic rings. The summed E-state index contributed by atoms with van der Waals surface area (Å²) in [4.78, 5) is 40.1. The third-order valence-corrected chi connectivity index (χ3v) is 7.99. The number of rotatable bonds is 7. The zero-order valence-electron chi connectivity index (χ0n) is 22.2. The van der Waals surface area contributed by atoms with Crippen LogP contribution in [-0.4, -0.2) is 52.7 Å². The number of likely N-dealkylation sites (tertiary alicyclic amines) is 1. The fourth-order valence-corrected chi connectivity index (χ4v) is 5.69. The molecule has 1 unspecified atom stereocenters. The smallest absolute Gasteiger partial charge is 0.286 e. The maximum absolute atomic E-state index is 13.0. The summed E-state index contributed by atoms with van der Waals surface area (Å²) in [6, 6.07) is 11.3. The van der Waals surface area contributed by atoms with E-state index in [0.717, 1.165) is 29.7 Å². The van der Waals surface area contributed by atoms with E-state index in [9.17, 15) is 14.4 Å². The highest BCUT2D eigenvalue weighted by Crippen LogP contribution is 2.34. The number of carbonyl (C=O) groups excluding carboxylic acids is 3. The van der Waals surface area contributed by atoms with Crippen LogP contribution in [0.15, 0.2) is 36.4 Å². The number of piperidine rings is 1. The van der Waals surface area contributed by atoms with E-state index in [1.54, 1.807) is 23.1 Å². The lowest BCUT2D eigenvalue weighted by atomic mass is 9.92. The highest BCUT2D eigenvalue weighted by Gasteiger charge is 2.28. The molecule has 0 aliphatic carbocycles.